The first-order valence-electron chi connectivity index (χ1n) is 9.67. The molecule has 4 aliphatic carbocycles. The molecule has 3 atom stereocenters. The number of rotatable bonds is 1. The Kier molecular flexibility index (Phi) is 3.03. The summed E-state index contributed by atoms with van der Waals surface area (Å²) in [6.45, 7) is 0. The Balaban J connectivity index is 1.65. The summed E-state index contributed by atoms with van der Waals surface area (Å²) in [5, 5.41) is 0. The van der Waals surface area contributed by atoms with Crippen molar-refractivity contribution in [2.24, 2.45) is 11.8 Å². The molecule has 5 rings (SSSR count). The van der Waals surface area contributed by atoms with Gasteiger partial charge < -0.3 is 0 Å². The zero-order valence-electron chi connectivity index (χ0n) is 13.7. The number of aryl methyl sites for hydroxylation is 1. The van der Waals surface area contributed by atoms with Crippen molar-refractivity contribution in [2.45, 2.75) is 75.5 Å². The summed E-state index contributed by atoms with van der Waals surface area (Å²) in [5.74, 6) is 2.60. The van der Waals surface area contributed by atoms with E-state index in [9.17, 15) is 0 Å². The normalized spacial score (nSPS) is 36.9. The first kappa shape index (κ1) is 13.4. The Hall–Kier alpha value is -1.04. The lowest BCUT2D eigenvalue weighted by Gasteiger charge is -2.44. The second-order valence-electron chi connectivity index (χ2n) is 8.42. The average Bonchev–Trinajstić information content (AvgIpc) is 3.17. The van der Waals surface area contributed by atoms with Gasteiger partial charge in [0.1, 0.15) is 0 Å². The van der Waals surface area contributed by atoms with E-state index in [0.29, 0.717) is 5.41 Å². The summed E-state index contributed by atoms with van der Waals surface area (Å²) in [6.07, 6.45) is 19.4. The summed E-state index contributed by atoms with van der Waals surface area (Å²) in [7, 11) is 0. The molecule has 0 heteroatoms. The van der Waals surface area contributed by atoms with E-state index >= 15 is 0 Å². The van der Waals surface area contributed by atoms with Gasteiger partial charge in [-0.1, -0.05) is 49.6 Å². The van der Waals surface area contributed by atoms with Crippen molar-refractivity contribution in [1.29, 1.82) is 0 Å². The largest absolute Gasteiger partial charge is 0.0851 e. The fourth-order valence-electron chi connectivity index (χ4n) is 6.44. The van der Waals surface area contributed by atoms with Crippen LogP contribution in [-0.2, 0) is 11.8 Å². The summed E-state index contributed by atoms with van der Waals surface area (Å²) in [6, 6.07) is 7.33. The summed E-state index contributed by atoms with van der Waals surface area (Å²) in [4.78, 5) is 0. The number of hydrogen-bond donors (Lipinski definition) is 0. The molecule has 4 aliphatic rings. The lowest BCUT2D eigenvalue weighted by atomic mass is 9.60. The van der Waals surface area contributed by atoms with Crippen molar-refractivity contribution in [3.63, 3.8) is 0 Å². The van der Waals surface area contributed by atoms with Gasteiger partial charge in [-0.25, -0.2) is 0 Å². The zero-order valence-corrected chi connectivity index (χ0v) is 13.7. The van der Waals surface area contributed by atoms with Crippen LogP contribution in [0, 0.1) is 11.8 Å². The minimum Gasteiger partial charge on any atom is -0.0851 e. The highest BCUT2D eigenvalue weighted by atomic mass is 14.6. The van der Waals surface area contributed by atoms with Crippen molar-refractivity contribution in [2.75, 3.05) is 0 Å². The molecule has 0 N–H and O–H groups in total. The van der Waals surface area contributed by atoms with E-state index in [0.717, 1.165) is 17.8 Å². The molecule has 0 nitrogen and oxygen atoms in total. The average molecular weight is 292 g/mol. The molecule has 1 aromatic rings. The fourth-order valence-corrected chi connectivity index (χ4v) is 6.44. The van der Waals surface area contributed by atoms with Crippen LogP contribution in [-0.4, -0.2) is 0 Å². The third-order valence-corrected chi connectivity index (χ3v) is 7.30. The van der Waals surface area contributed by atoms with Gasteiger partial charge in [0, 0.05) is 5.41 Å². The quantitative estimate of drug-likeness (QED) is 0.565. The lowest BCUT2D eigenvalue weighted by molar-refractivity contribution is 0.296. The smallest absolute Gasteiger partial charge is 0.00272 e. The van der Waals surface area contributed by atoms with Crippen LogP contribution in [0.1, 0.15) is 80.4 Å². The maximum Gasteiger partial charge on any atom is 0.00272 e. The molecule has 116 valence electrons. The van der Waals surface area contributed by atoms with Gasteiger partial charge in [0.05, 0.1) is 0 Å². The van der Waals surface area contributed by atoms with Crippen LogP contribution in [0.3, 0.4) is 0 Å². The first-order valence-corrected chi connectivity index (χ1v) is 9.67. The maximum absolute atomic E-state index is 2.58. The van der Waals surface area contributed by atoms with E-state index in [-0.39, 0.29) is 0 Å². The molecule has 2 bridgehead atoms. The number of hydrogen-bond acceptors (Lipinski definition) is 0. The Morgan fingerprint density at radius 3 is 2.64 bits per heavy atom. The number of fused-ring (bicyclic) bond motifs is 5. The first-order chi connectivity index (χ1) is 10.9. The zero-order chi connectivity index (χ0) is 14.6. The van der Waals surface area contributed by atoms with E-state index in [4.69, 9.17) is 0 Å². The van der Waals surface area contributed by atoms with Gasteiger partial charge in [-0.3, -0.25) is 0 Å². The molecule has 0 aromatic heterocycles. The highest BCUT2D eigenvalue weighted by Crippen LogP contribution is 2.59. The molecule has 22 heavy (non-hydrogen) atoms. The van der Waals surface area contributed by atoms with Crippen LogP contribution in [0.4, 0.5) is 0 Å². The van der Waals surface area contributed by atoms with Crippen molar-refractivity contribution >= 4 is 0 Å². The second kappa shape index (κ2) is 4.98. The van der Waals surface area contributed by atoms with E-state index in [1.807, 2.05) is 5.56 Å². The van der Waals surface area contributed by atoms with Gasteiger partial charge in [-0.2, -0.15) is 0 Å². The SMILES string of the molecule is C1=CC2CC1CC21CCCc2cccc(C3CCCCC3)c21. The molecule has 1 spiro atoms. The van der Waals surface area contributed by atoms with Crippen molar-refractivity contribution < 1.29 is 0 Å². The minimum absolute atomic E-state index is 0.529. The summed E-state index contributed by atoms with van der Waals surface area (Å²) >= 11 is 0. The molecule has 0 heterocycles. The monoisotopic (exact) mass is 292 g/mol. The fraction of sp³-hybridized carbons (Fsp3) is 0.636. The van der Waals surface area contributed by atoms with Gasteiger partial charge in [-0.15, -0.1) is 0 Å². The lowest BCUT2D eigenvalue weighted by Crippen LogP contribution is -2.36. The third-order valence-electron chi connectivity index (χ3n) is 7.30. The van der Waals surface area contributed by atoms with Crippen LogP contribution in [0.2, 0.25) is 0 Å². The molecule has 0 radical (unpaired) electrons. The van der Waals surface area contributed by atoms with E-state index < -0.39 is 0 Å². The van der Waals surface area contributed by atoms with Crippen LogP contribution in [0.25, 0.3) is 0 Å². The van der Waals surface area contributed by atoms with E-state index in [2.05, 4.69) is 30.4 Å². The van der Waals surface area contributed by atoms with Crippen molar-refractivity contribution in [3.05, 3.63) is 47.0 Å². The molecule has 2 fully saturated rings. The van der Waals surface area contributed by atoms with E-state index in [1.54, 1.807) is 11.1 Å². The third kappa shape index (κ3) is 1.82. The van der Waals surface area contributed by atoms with Gasteiger partial charge in [0.15, 0.2) is 0 Å². The molecular formula is C22H28. The summed E-state index contributed by atoms with van der Waals surface area (Å²) in [5.41, 5.74) is 5.87. The molecule has 0 saturated heterocycles. The molecule has 2 saturated carbocycles. The highest BCUT2D eigenvalue weighted by molar-refractivity contribution is 5.48. The predicted molar refractivity (Wildman–Crippen MR) is 92.2 cm³/mol. The van der Waals surface area contributed by atoms with Gasteiger partial charge >= 0.3 is 0 Å². The Morgan fingerprint density at radius 2 is 1.86 bits per heavy atom. The summed E-state index contributed by atoms with van der Waals surface area (Å²) < 4.78 is 0. The van der Waals surface area contributed by atoms with Crippen LogP contribution in [0.15, 0.2) is 30.4 Å². The molecular weight excluding hydrogens is 264 g/mol. The standard InChI is InChI=1S/C22H28/c1-2-6-17(7-3-1)20-10-4-8-18-9-5-13-22(21(18)20)15-16-11-12-19(22)14-16/h4,8,10-12,16-17,19H,1-3,5-7,9,13-15H2. The Morgan fingerprint density at radius 1 is 0.955 bits per heavy atom. The van der Waals surface area contributed by atoms with Gasteiger partial charge in [0.25, 0.3) is 0 Å². The molecule has 0 aliphatic heterocycles. The highest BCUT2D eigenvalue weighted by Gasteiger charge is 2.51. The van der Waals surface area contributed by atoms with Crippen LogP contribution in [0.5, 0.6) is 0 Å². The van der Waals surface area contributed by atoms with Crippen LogP contribution < -0.4 is 0 Å². The predicted octanol–water partition coefficient (Wildman–Crippen LogP) is 5.90. The van der Waals surface area contributed by atoms with Crippen molar-refractivity contribution in [3.8, 4) is 0 Å². The van der Waals surface area contributed by atoms with Crippen molar-refractivity contribution in [1.82, 2.24) is 0 Å². The topological polar surface area (TPSA) is 0 Å². The van der Waals surface area contributed by atoms with Gasteiger partial charge in [0.2, 0.25) is 0 Å². The van der Waals surface area contributed by atoms with Crippen LogP contribution >= 0.6 is 0 Å². The molecule has 3 unspecified atom stereocenters. The van der Waals surface area contributed by atoms with Gasteiger partial charge in [-0.05, 0) is 79.4 Å². The van der Waals surface area contributed by atoms with E-state index in [1.165, 1.54) is 64.2 Å². The molecule has 0 amide bonds. The Labute approximate surface area is 135 Å². The number of allylic oxidation sites excluding steroid dienone is 2. The number of benzene rings is 1. The Bertz CT molecular complexity index is 604. The molecule has 1 aromatic carbocycles. The minimum atomic E-state index is 0.529. The maximum atomic E-state index is 2.58. The second-order valence-corrected chi connectivity index (χ2v) is 8.42.